The number of aryl methyl sites for hydroxylation is 2. The smallest absolute Gasteiger partial charge is 0.231 e. The van der Waals surface area contributed by atoms with Gasteiger partial charge in [-0.1, -0.05) is 17.7 Å². The number of likely N-dealkylation sites (tertiary alicyclic amines) is 1. The molecule has 2 N–H and O–H groups in total. The Morgan fingerprint density at radius 3 is 2.97 bits per heavy atom. The summed E-state index contributed by atoms with van der Waals surface area (Å²) in [7, 11) is 0. The third kappa shape index (κ3) is 3.87. The topological polar surface area (TPSA) is 62.4 Å². The summed E-state index contributed by atoms with van der Waals surface area (Å²) >= 11 is 0. The SMILES string of the molecule is Cc1ccc(C)c(-c2[nH]ncc2CN2CCCC(Nc3ccc4c(c3)OCO4)C2)c1. The van der Waals surface area contributed by atoms with Crippen LogP contribution in [0.25, 0.3) is 11.3 Å². The Hall–Kier alpha value is -2.99. The molecule has 6 nitrogen and oxygen atoms in total. The number of ether oxygens (including phenoxy) is 2. The second-order valence-corrected chi connectivity index (χ2v) is 8.38. The molecule has 0 saturated carbocycles. The van der Waals surface area contributed by atoms with Crippen molar-refractivity contribution in [3.8, 4) is 22.8 Å². The first-order chi connectivity index (χ1) is 14.7. The third-order valence-corrected chi connectivity index (χ3v) is 6.02. The van der Waals surface area contributed by atoms with Crippen molar-refractivity contribution in [2.75, 3.05) is 25.2 Å². The number of fused-ring (bicyclic) bond motifs is 1. The fraction of sp³-hybridized carbons (Fsp3) is 0.375. The second-order valence-electron chi connectivity index (χ2n) is 8.38. The van der Waals surface area contributed by atoms with Crippen LogP contribution < -0.4 is 14.8 Å². The number of nitrogens with one attached hydrogen (secondary N) is 2. The number of piperidine rings is 1. The van der Waals surface area contributed by atoms with Crippen LogP contribution in [0.3, 0.4) is 0 Å². The largest absolute Gasteiger partial charge is 0.454 e. The molecular weight excluding hydrogens is 376 g/mol. The maximum Gasteiger partial charge on any atom is 0.231 e. The van der Waals surface area contributed by atoms with E-state index in [9.17, 15) is 0 Å². The lowest BCUT2D eigenvalue weighted by atomic mass is 9.99. The molecule has 156 valence electrons. The third-order valence-electron chi connectivity index (χ3n) is 6.02. The lowest BCUT2D eigenvalue weighted by molar-refractivity contribution is 0.174. The van der Waals surface area contributed by atoms with Gasteiger partial charge in [-0.3, -0.25) is 10.00 Å². The Kier molecular flexibility index (Phi) is 5.09. The first-order valence-electron chi connectivity index (χ1n) is 10.6. The number of hydrogen-bond acceptors (Lipinski definition) is 5. The van der Waals surface area contributed by atoms with Gasteiger partial charge in [-0.15, -0.1) is 0 Å². The molecule has 2 aliphatic rings. The van der Waals surface area contributed by atoms with Crippen LogP contribution in [0.5, 0.6) is 11.5 Å². The van der Waals surface area contributed by atoms with Gasteiger partial charge in [0, 0.05) is 42.0 Å². The summed E-state index contributed by atoms with van der Waals surface area (Å²) in [6.07, 6.45) is 4.32. The molecule has 1 fully saturated rings. The summed E-state index contributed by atoms with van der Waals surface area (Å²) in [6, 6.07) is 13.1. The van der Waals surface area contributed by atoms with E-state index in [-0.39, 0.29) is 0 Å². The van der Waals surface area contributed by atoms with Gasteiger partial charge in [-0.05, 0) is 57.0 Å². The van der Waals surface area contributed by atoms with E-state index in [1.54, 1.807) is 0 Å². The van der Waals surface area contributed by atoms with Crippen molar-refractivity contribution < 1.29 is 9.47 Å². The van der Waals surface area contributed by atoms with Gasteiger partial charge in [0.2, 0.25) is 6.79 Å². The molecule has 0 spiro atoms. The van der Waals surface area contributed by atoms with Gasteiger partial charge in [0.15, 0.2) is 11.5 Å². The van der Waals surface area contributed by atoms with Crippen LogP contribution in [0.1, 0.15) is 29.5 Å². The molecule has 1 atom stereocenters. The predicted molar refractivity (Wildman–Crippen MR) is 118 cm³/mol. The Morgan fingerprint density at radius 1 is 1.13 bits per heavy atom. The molecule has 3 heterocycles. The zero-order valence-corrected chi connectivity index (χ0v) is 17.6. The van der Waals surface area contributed by atoms with Crippen LogP contribution in [0.4, 0.5) is 5.69 Å². The van der Waals surface area contributed by atoms with Crippen molar-refractivity contribution in [1.82, 2.24) is 15.1 Å². The van der Waals surface area contributed by atoms with E-state index < -0.39 is 0 Å². The lowest BCUT2D eigenvalue weighted by Gasteiger charge is -2.33. The van der Waals surface area contributed by atoms with Gasteiger partial charge in [-0.25, -0.2) is 0 Å². The van der Waals surface area contributed by atoms with Crippen LogP contribution in [0.2, 0.25) is 0 Å². The molecule has 2 aromatic carbocycles. The summed E-state index contributed by atoms with van der Waals surface area (Å²) in [5.74, 6) is 1.65. The highest BCUT2D eigenvalue weighted by Crippen LogP contribution is 2.35. The van der Waals surface area contributed by atoms with Gasteiger partial charge in [-0.2, -0.15) is 5.10 Å². The molecule has 0 bridgehead atoms. The molecule has 5 rings (SSSR count). The van der Waals surface area contributed by atoms with E-state index in [0.29, 0.717) is 12.8 Å². The quantitative estimate of drug-likeness (QED) is 0.656. The zero-order valence-electron chi connectivity index (χ0n) is 17.6. The number of hydrogen-bond donors (Lipinski definition) is 2. The van der Waals surface area contributed by atoms with E-state index in [0.717, 1.165) is 42.5 Å². The van der Waals surface area contributed by atoms with Crippen LogP contribution in [0, 0.1) is 13.8 Å². The average Bonchev–Trinajstić information content (AvgIpc) is 3.39. The average molecular weight is 405 g/mol. The molecule has 0 aliphatic carbocycles. The van der Waals surface area contributed by atoms with Gasteiger partial charge in [0.1, 0.15) is 0 Å². The van der Waals surface area contributed by atoms with E-state index in [2.05, 4.69) is 58.5 Å². The number of aromatic amines is 1. The van der Waals surface area contributed by atoms with Crippen molar-refractivity contribution >= 4 is 5.69 Å². The fourth-order valence-corrected chi connectivity index (χ4v) is 4.45. The summed E-state index contributed by atoms with van der Waals surface area (Å²) in [6.45, 7) is 7.62. The van der Waals surface area contributed by atoms with Gasteiger partial charge >= 0.3 is 0 Å². The summed E-state index contributed by atoms with van der Waals surface area (Å²) < 4.78 is 10.9. The monoisotopic (exact) mass is 404 g/mol. The van der Waals surface area contributed by atoms with Gasteiger partial charge < -0.3 is 14.8 Å². The van der Waals surface area contributed by atoms with E-state index in [1.807, 2.05) is 18.3 Å². The minimum absolute atomic E-state index is 0.309. The molecule has 30 heavy (non-hydrogen) atoms. The highest BCUT2D eigenvalue weighted by atomic mass is 16.7. The normalized spacial score (nSPS) is 18.5. The Balaban J connectivity index is 1.27. The highest BCUT2D eigenvalue weighted by Gasteiger charge is 2.22. The lowest BCUT2D eigenvalue weighted by Crippen LogP contribution is -2.41. The van der Waals surface area contributed by atoms with Crippen molar-refractivity contribution in [1.29, 1.82) is 0 Å². The van der Waals surface area contributed by atoms with Crippen LogP contribution >= 0.6 is 0 Å². The van der Waals surface area contributed by atoms with E-state index in [4.69, 9.17) is 9.47 Å². The number of benzene rings is 2. The molecule has 6 heteroatoms. The molecular formula is C24H28N4O2. The maximum absolute atomic E-state index is 5.51. The minimum Gasteiger partial charge on any atom is -0.454 e. The first-order valence-corrected chi connectivity index (χ1v) is 10.6. The predicted octanol–water partition coefficient (Wildman–Crippen LogP) is 4.50. The molecule has 1 unspecified atom stereocenters. The number of rotatable bonds is 5. The van der Waals surface area contributed by atoms with Crippen LogP contribution in [0.15, 0.2) is 42.6 Å². The van der Waals surface area contributed by atoms with Crippen LogP contribution in [-0.4, -0.2) is 41.0 Å². The highest BCUT2D eigenvalue weighted by molar-refractivity contribution is 5.67. The maximum atomic E-state index is 5.51. The number of aromatic nitrogens is 2. The fourth-order valence-electron chi connectivity index (χ4n) is 4.45. The van der Waals surface area contributed by atoms with Crippen molar-refractivity contribution in [3.05, 3.63) is 59.3 Å². The second kappa shape index (κ2) is 8.03. The van der Waals surface area contributed by atoms with E-state index in [1.165, 1.54) is 35.1 Å². The molecule has 1 saturated heterocycles. The van der Waals surface area contributed by atoms with Crippen molar-refractivity contribution in [3.63, 3.8) is 0 Å². The number of nitrogens with zero attached hydrogens (tertiary/aromatic N) is 2. The molecule has 0 amide bonds. The minimum atomic E-state index is 0.309. The van der Waals surface area contributed by atoms with Gasteiger partial charge in [0.05, 0.1) is 11.9 Å². The van der Waals surface area contributed by atoms with Gasteiger partial charge in [0.25, 0.3) is 0 Å². The van der Waals surface area contributed by atoms with Crippen molar-refractivity contribution in [2.24, 2.45) is 0 Å². The molecule has 1 aromatic heterocycles. The Labute approximate surface area is 177 Å². The van der Waals surface area contributed by atoms with Crippen molar-refractivity contribution in [2.45, 2.75) is 39.3 Å². The van der Waals surface area contributed by atoms with E-state index >= 15 is 0 Å². The zero-order chi connectivity index (χ0) is 20.5. The van der Waals surface area contributed by atoms with Crippen LogP contribution in [-0.2, 0) is 6.54 Å². The Bertz CT molecular complexity index is 1050. The molecule has 0 radical (unpaired) electrons. The molecule has 2 aliphatic heterocycles. The number of anilines is 1. The number of H-pyrrole nitrogens is 1. The standard InChI is InChI=1S/C24H28N4O2/c1-16-5-6-17(2)21(10-16)24-18(12-25-27-24)13-28-9-3-4-20(14-28)26-19-7-8-22-23(11-19)30-15-29-22/h5-8,10-12,20,26H,3-4,9,13-15H2,1-2H3,(H,25,27). The molecule has 3 aromatic rings. The summed E-state index contributed by atoms with van der Waals surface area (Å²) in [5, 5.41) is 11.3. The Morgan fingerprint density at radius 2 is 2.03 bits per heavy atom. The summed E-state index contributed by atoms with van der Waals surface area (Å²) in [5.41, 5.74) is 7.27. The first kappa shape index (κ1) is 19.0. The summed E-state index contributed by atoms with van der Waals surface area (Å²) in [4.78, 5) is 2.52.